The summed E-state index contributed by atoms with van der Waals surface area (Å²) in [5.74, 6) is 0.822. The zero-order chi connectivity index (χ0) is 23.2. The smallest absolute Gasteiger partial charge is 0.274 e. The van der Waals surface area contributed by atoms with E-state index in [1.807, 2.05) is 55.5 Å². The molecule has 9 heteroatoms. The maximum Gasteiger partial charge on any atom is 0.353 e. The van der Waals surface area contributed by atoms with E-state index >= 15 is 0 Å². The summed E-state index contributed by atoms with van der Waals surface area (Å²) in [5.41, 5.74) is 3.37. The third-order valence-corrected chi connectivity index (χ3v) is 5.33. The maximum atomic E-state index is 12.9. The molecule has 0 bridgehead atoms. The average Bonchev–Trinajstić information content (AvgIpc) is 3.48. The third kappa shape index (κ3) is 4.72. The van der Waals surface area contributed by atoms with Crippen molar-refractivity contribution in [1.82, 2.24) is 35.0 Å². The number of nitrogens with one attached hydrogen (secondary N) is 1. The summed E-state index contributed by atoms with van der Waals surface area (Å²) in [6, 6.07) is 15.8. The molecule has 0 aliphatic rings. The summed E-state index contributed by atoms with van der Waals surface area (Å²) in [5, 5.41) is 18.6. The van der Waals surface area contributed by atoms with Gasteiger partial charge in [-0.2, -0.15) is 5.21 Å². The van der Waals surface area contributed by atoms with Crippen LogP contribution in [0.4, 0.5) is 0 Å². The second-order valence-electron chi connectivity index (χ2n) is 7.65. The topological polar surface area (TPSA) is 111 Å². The molecule has 33 heavy (non-hydrogen) atoms. The Morgan fingerprint density at radius 3 is 2.55 bits per heavy atom. The molecule has 1 N–H and O–H groups in total. The largest absolute Gasteiger partial charge is 0.353 e. The highest BCUT2D eigenvalue weighted by Crippen LogP contribution is 2.29. The van der Waals surface area contributed by atoms with E-state index < -0.39 is 5.69 Å². The van der Waals surface area contributed by atoms with Crippen LogP contribution in [0.15, 0.2) is 66.0 Å². The van der Waals surface area contributed by atoms with Gasteiger partial charge in [0.25, 0.3) is 5.91 Å². The number of allylic oxidation sites excluding steroid dienone is 1. The fraction of sp³-hybridized carbons (Fsp3) is 0.250. The minimum absolute atomic E-state index is 0.283. The van der Waals surface area contributed by atoms with E-state index in [0.29, 0.717) is 37.5 Å². The number of aryl methyl sites for hydroxylation is 1. The highest BCUT2D eigenvalue weighted by Gasteiger charge is 2.18. The van der Waals surface area contributed by atoms with Crippen molar-refractivity contribution >= 4 is 5.91 Å². The highest BCUT2D eigenvalue weighted by atomic mass is 16.2. The lowest BCUT2D eigenvalue weighted by atomic mass is 9.98. The first-order valence-electron chi connectivity index (χ1n) is 10.9. The first-order chi connectivity index (χ1) is 16.1. The zero-order valence-corrected chi connectivity index (χ0v) is 18.4. The number of hydrogen-bond acceptors (Lipinski definition) is 6. The van der Waals surface area contributed by atoms with Crippen LogP contribution < -0.4 is 5.69 Å². The zero-order valence-electron chi connectivity index (χ0n) is 18.4. The molecule has 2 aromatic heterocycles. The lowest BCUT2D eigenvalue weighted by Gasteiger charge is -2.09. The fourth-order valence-electron chi connectivity index (χ4n) is 3.67. The Hall–Kier alpha value is -4.14. The van der Waals surface area contributed by atoms with Crippen LogP contribution in [-0.2, 0) is 13.0 Å². The molecule has 168 valence electrons. The summed E-state index contributed by atoms with van der Waals surface area (Å²) >= 11 is 0. The summed E-state index contributed by atoms with van der Waals surface area (Å²) < 4.78 is 2.57. The Bertz CT molecular complexity index is 1300. The van der Waals surface area contributed by atoms with Crippen molar-refractivity contribution in [2.24, 2.45) is 0 Å². The first-order valence-corrected chi connectivity index (χ1v) is 10.9. The van der Waals surface area contributed by atoms with Gasteiger partial charge in [-0.3, -0.25) is 9.36 Å². The van der Waals surface area contributed by atoms with Crippen LogP contribution in [0.2, 0.25) is 0 Å². The van der Waals surface area contributed by atoms with E-state index in [2.05, 4.69) is 32.3 Å². The van der Waals surface area contributed by atoms with Crippen LogP contribution in [0.1, 0.15) is 42.4 Å². The second kappa shape index (κ2) is 9.99. The molecule has 0 saturated carbocycles. The van der Waals surface area contributed by atoms with E-state index in [1.165, 1.54) is 0 Å². The predicted molar refractivity (Wildman–Crippen MR) is 125 cm³/mol. The van der Waals surface area contributed by atoms with Gasteiger partial charge < -0.3 is 0 Å². The Kier molecular flexibility index (Phi) is 6.68. The summed E-state index contributed by atoms with van der Waals surface area (Å²) in [7, 11) is 0. The van der Waals surface area contributed by atoms with Gasteiger partial charge >= 0.3 is 5.69 Å². The molecular weight excluding hydrogens is 418 g/mol. The first kappa shape index (κ1) is 22.1. The minimum atomic E-state index is -0.404. The van der Waals surface area contributed by atoms with Crippen LogP contribution in [0.3, 0.4) is 0 Å². The average molecular weight is 444 g/mol. The lowest BCUT2D eigenvalue weighted by molar-refractivity contribution is 0.0880. The molecule has 0 atom stereocenters. The molecule has 0 spiro atoms. The van der Waals surface area contributed by atoms with Gasteiger partial charge in [-0.05, 0) is 34.7 Å². The maximum absolute atomic E-state index is 12.9. The highest BCUT2D eigenvalue weighted by molar-refractivity contribution is 5.80. The summed E-state index contributed by atoms with van der Waals surface area (Å²) in [6.07, 6.45) is 3.93. The molecule has 0 fully saturated rings. The number of rotatable bonds is 9. The monoisotopic (exact) mass is 443 g/mol. The van der Waals surface area contributed by atoms with Crippen molar-refractivity contribution in [3.8, 4) is 22.5 Å². The number of benzene rings is 2. The molecule has 0 aliphatic heterocycles. The molecule has 2 aromatic carbocycles. The van der Waals surface area contributed by atoms with Crippen molar-refractivity contribution < 1.29 is 4.79 Å². The van der Waals surface area contributed by atoms with E-state index in [9.17, 15) is 9.59 Å². The Morgan fingerprint density at radius 2 is 1.88 bits per heavy atom. The summed E-state index contributed by atoms with van der Waals surface area (Å²) in [4.78, 5) is 25.3. The van der Waals surface area contributed by atoms with Crippen LogP contribution in [0.25, 0.3) is 22.5 Å². The van der Waals surface area contributed by atoms with Crippen molar-refractivity contribution in [2.45, 2.75) is 39.2 Å². The number of H-pyrrole nitrogens is 1. The fourth-order valence-corrected chi connectivity index (χ4v) is 3.67. The van der Waals surface area contributed by atoms with E-state index in [0.717, 1.165) is 26.9 Å². The van der Waals surface area contributed by atoms with Crippen LogP contribution in [0, 0.1) is 0 Å². The van der Waals surface area contributed by atoms with Gasteiger partial charge in [-0.1, -0.05) is 61.5 Å². The normalized spacial score (nSPS) is 10.9. The van der Waals surface area contributed by atoms with Crippen molar-refractivity contribution in [1.29, 1.82) is 0 Å². The molecule has 4 rings (SSSR count). The standard InChI is InChI=1S/C24H25N7O2/c1-3-5-11-21-27-31(22(32)8-4-2)24(33)30(21)16-17-12-14-18(15-13-17)19-9-6-7-10-20(19)23-25-28-29-26-23/h3,6-7,9-10,12-15H,1,4-5,8,11,16H2,2H3,(H,25,26,28,29). The second-order valence-corrected chi connectivity index (χ2v) is 7.65. The minimum Gasteiger partial charge on any atom is -0.274 e. The molecule has 9 nitrogen and oxygen atoms in total. The molecule has 4 aromatic rings. The number of carbonyl (C=O) groups is 1. The van der Waals surface area contributed by atoms with E-state index in [4.69, 9.17) is 0 Å². The Balaban J connectivity index is 1.63. The lowest BCUT2D eigenvalue weighted by Crippen LogP contribution is -2.30. The number of hydrogen-bond donors (Lipinski definition) is 1. The quantitative estimate of drug-likeness (QED) is 0.396. The van der Waals surface area contributed by atoms with E-state index in [1.54, 1.807) is 10.6 Å². The Labute approximate surface area is 190 Å². The third-order valence-electron chi connectivity index (χ3n) is 5.33. The van der Waals surface area contributed by atoms with Gasteiger partial charge in [0.15, 0.2) is 0 Å². The molecule has 0 unspecified atom stereocenters. The van der Waals surface area contributed by atoms with Crippen LogP contribution in [0.5, 0.6) is 0 Å². The predicted octanol–water partition coefficient (Wildman–Crippen LogP) is 3.50. The van der Waals surface area contributed by atoms with Gasteiger partial charge in [-0.25, -0.2) is 4.79 Å². The molecule has 0 radical (unpaired) electrons. The molecule has 0 aliphatic carbocycles. The SMILES string of the molecule is C=CCCc1nn(C(=O)CCC)c(=O)n1Cc1ccc(-c2ccccc2-c2nn[nH]n2)cc1. The van der Waals surface area contributed by atoms with Crippen molar-refractivity contribution in [2.75, 3.05) is 0 Å². The van der Waals surface area contributed by atoms with Gasteiger partial charge in [0.2, 0.25) is 5.82 Å². The van der Waals surface area contributed by atoms with Gasteiger partial charge in [0, 0.05) is 18.4 Å². The molecule has 2 heterocycles. The summed E-state index contributed by atoms with van der Waals surface area (Å²) in [6.45, 7) is 5.97. The molecular formula is C24H25N7O2. The van der Waals surface area contributed by atoms with Gasteiger partial charge in [0.05, 0.1) is 6.54 Å². The van der Waals surface area contributed by atoms with Crippen LogP contribution in [-0.4, -0.2) is 40.9 Å². The van der Waals surface area contributed by atoms with Crippen molar-refractivity contribution in [3.05, 3.63) is 83.1 Å². The van der Waals surface area contributed by atoms with Crippen molar-refractivity contribution in [3.63, 3.8) is 0 Å². The number of aromatic amines is 1. The molecule has 0 amide bonds. The van der Waals surface area contributed by atoms with Crippen LogP contribution >= 0.6 is 0 Å². The number of carbonyl (C=O) groups excluding carboxylic acids is 1. The number of tetrazole rings is 1. The number of nitrogens with zero attached hydrogens (tertiary/aromatic N) is 6. The van der Waals surface area contributed by atoms with Gasteiger partial charge in [-0.15, -0.1) is 26.6 Å². The number of aromatic nitrogens is 7. The molecule has 0 saturated heterocycles. The Morgan fingerprint density at radius 1 is 1.12 bits per heavy atom. The van der Waals surface area contributed by atoms with E-state index in [-0.39, 0.29) is 12.3 Å². The van der Waals surface area contributed by atoms with Gasteiger partial charge in [0.1, 0.15) is 5.82 Å².